The number of nitrogens with zero attached hydrogens (tertiary/aromatic N) is 1. The quantitative estimate of drug-likeness (QED) is 0.584. The van der Waals surface area contributed by atoms with Crippen LogP contribution in [0.1, 0.15) is 16.8 Å². The smallest absolute Gasteiger partial charge is 0.148 e. The maximum absolute atomic E-state index is 5.86. The van der Waals surface area contributed by atoms with Gasteiger partial charge in [-0.25, -0.2) is 0 Å². The van der Waals surface area contributed by atoms with Crippen molar-refractivity contribution in [2.75, 3.05) is 0 Å². The third-order valence-electron chi connectivity index (χ3n) is 2.68. The number of hydrogen-bond acceptors (Lipinski definition) is 2. The average Bonchev–Trinajstić information content (AvgIpc) is 2.39. The van der Waals surface area contributed by atoms with E-state index < -0.39 is 0 Å². The van der Waals surface area contributed by atoms with Crippen LogP contribution in [0.4, 0.5) is 0 Å². The number of ether oxygens (including phenoxy) is 1. The van der Waals surface area contributed by atoms with E-state index in [4.69, 9.17) is 4.74 Å². The highest BCUT2D eigenvalue weighted by atomic mass is 79.9. The lowest BCUT2D eigenvalue weighted by Crippen LogP contribution is -2.01. The summed E-state index contributed by atoms with van der Waals surface area (Å²) in [6.45, 7) is 2.49. The Labute approximate surface area is 138 Å². The molecule has 0 atom stereocenters. The van der Waals surface area contributed by atoms with Crippen molar-refractivity contribution in [2.24, 2.45) is 0 Å². The maximum atomic E-state index is 5.86. The van der Waals surface area contributed by atoms with Gasteiger partial charge in [0.05, 0.1) is 14.6 Å². The van der Waals surface area contributed by atoms with E-state index in [0.717, 1.165) is 31.3 Å². The van der Waals surface area contributed by atoms with Crippen LogP contribution in [0.2, 0.25) is 0 Å². The van der Waals surface area contributed by atoms with Crippen molar-refractivity contribution in [3.05, 3.63) is 56.2 Å². The zero-order chi connectivity index (χ0) is 13.8. The summed E-state index contributed by atoms with van der Waals surface area (Å²) in [5.74, 6) is 0.801. The minimum Gasteiger partial charge on any atom is -0.485 e. The molecule has 2 rings (SSSR count). The van der Waals surface area contributed by atoms with Gasteiger partial charge in [0.1, 0.15) is 12.4 Å². The third-order valence-corrected chi connectivity index (χ3v) is 4.51. The molecule has 0 bridgehead atoms. The Balaban J connectivity index is 2.18. The second-order valence-corrected chi connectivity index (χ2v) is 6.35. The van der Waals surface area contributed by atoms with E-state index in [-0.39, 0.29) is 0 Å². The molecule has 1 heterocycles. The molecule has 0 saturated carbocycles. The van der Waals surface area contributed by atoms with Crippen LogP contribution >= 0.6 is 47.8 Å². The Morgan fingerprint density at radius 3 is 2.47 bits per heavy atom. The molecule has 0 aliphatic heterocycles. The monoisotopic (exact) mass is 447 g/mol. The molecule has 0 aliphatic rings. The predicted octanol–water partition coefficient (Wildman–Crippen LogP) is 5.39. The summed E-state index contributed by atoms with van der Waals surface area (Å²) >= 11 is 10.5. The molecule has 100 valence electrons. The van der Waals surface area contributed by atoms with Crippen molar-refractivity contribution >= 4 is 47.8 Å². The average molecular weight is 450 g/mol. The topological polar surface area (TPSA) is 22.1 Å². The van der Waals surface area contributed by atoms with Gasteiger partial charge in [0, 0.05) is 11.5 Å². The lowest BCUT2D eigenvalue weighted by Gasteiger charge is -2.12. The zero-order valence-electron chi connectivity index (χ0n) is 10.3. The standard InChI is InChI=1S/C14H12Br3NO/c1-9-3-2-4-18-13(9)8-19-14-11(16)5-10(7-15)6-12(14)17/h2-6H,7-8H2,1H3. The van der Waals surface area contributed by atoms with E-state index in [9.17, 15) is 0 Å². The number of pyridine rings is 1. The highest BCUT2D eigenvalue weighted by Gasteiger charge is 2.10. The van der Waals surface area contributed by atoms with E-state index in [1.165, 1.54) is 5.56 Å². The Morgan fingerprint density at radius 2 is 1.89 bits per heavy atom. The first-order valence-electron chi connectivity index (χ1n) is 5.69. The molecule has 5 heteroatoms. The van der Waals surface area contributed by atoms with Gasteiger partial charge in [-0.2, -0.15) is 0 Å². The number of aryl methyl sites for hydroxylation is 1. The number of alkyl halides is 1. The summed E-state index contributed by atoms with van der Waals surface area (Å²) < 4.78 is 7.73. The van der Waals surface area contributed by atoms with Crippen molar-refractivity contribution in [1.82, 2.24) is 4.98 Å². The van der Waals surface area contributed by atoms with Crippen molar-refractivity contribution in [3.63, 3.8) is 0 Å². The molecule has 0 radical (unpaired) electrons. The largest absolute Gasteiger partial charge is 0.485 e. The second-order valence-electron chi connectivity index (χ2n) is 4.08. The van der Waals surface area contributed by atoms with Crippen LogP contribution in [-0.2, 0) is 11.9 Å². The van der Waals surface area contributed by atoms with Gasteiger partial charge >= 0.3 is 0 Å². The van der Waals surface area contributed by atoms with Gasteiger partial charge in [-0.3, -0.25) is 4.98 Å². The van der Waals surface area contributed by atoms with Crippen molar-refractivity contribution < 1.29 is 4.74 Å². The lowest BCUT2D eigenvalue weighted by atomic mass is 10.2. The van der Waals surface area contributed by atoms with Gasteiger partial charge in [0.15, 0.2) is 0 Å². The summed E-state index contributed by atoms with van der Waals surface area (Å²) in [5.41, 5.74) is 3.26. The molecule has 0 fully saturated rings. The molecule has 0 N–H and O–H groups in total. The highest BCUT2D eigenvalue weighted by Crippen LogP contribution is 2.35. The molecule has 0 unspecified atom stereocenters. The first-order valence-corrected chi connectivity index (χ1v) is 8.39. The summed E-state index contributed by atoms with van der Waals surface area (Å²) in [4.78, 5) is 4.32. The van der Waals surface area contributed by atoms with E-state index in [1.807, 2.05) is 31.2 Å². The van der Waals surface area contributed by atoms with Crippen molar-refractivity contribution in [2.45, 2.75) is 18.9 Å². The van der Waals surface area contributed by atoms with Crippen LogP contribution in [0.25, 0.3) is 0 Å². The van der Waals surface area contributed by atoms with Crippen LogP contribution in [0.5, 0.6) is 5.75 Å². The normalized spacial score (nSPS) is 10.5. The van der Waals surface area contributed by atoms with Crippen molar-refractivity contribution in [3.8, 4) is 5.75 Å². The molecule has 0 amide bonds. The van der Waals surface area contributed by atoms with Gasteiger partial charge in [0.2, 0.25) is 0 Å². The van der Waals surface area contributed by atoms with Crippen LogP contribution in [-0.4, -0.2) is 4.98 Å². The molecular formula is C14H12Br3NO. The van der Waals surface area contributed by atoms with E-state index in [2.05, 4.69) is 52.8 Å². The second kappa shape index (κ2) is 6.86. The fourth-order valence-corrected chi connectivity index (χ4v) is 3.47. The van der Waals surface area contributed by atoms with Crippen molar-refractivity contribution in [1.29, 1.82) is 0 Å². The summed E-state index contributed by atoms with van der Waals surface area (Å²) in [6, 6.07) is 8.04. The summed E-state index contributed by atoms with van der Waals surface area (Å²) in [7, 11) is 0. The van der Waals surface area contributed by atoms with E-state index in [1.54, 1.807) is 6.20 Å². The van der Waals surface area contributed by atoms with Crippen LogP contribution < -0.4 is 4.74 Å². The Hall–Kier alpha value is -0.390. The van der Waals surface area contributed by atoms with Gasteiger partial charge < -0.3 is 4.74 Å². The predicted molar refractivity (Wildman–Crippen MR) is 87.8 cm³/mol. The van der Waals surface area contributed by atoms with E-state index in [0.29, 0.717) is 6.61 Å². The number of rotatable bonds is 4. The first-order chi connectivity index (χ1) is 9.11. The molecular weight excluding hydrogens is 438 g/mol. The molecule has 0 spiro atoms. The minimum absolute atomic E-state index is 0.456. The van der Waals surface area contributed by atoms with Gasteiger partial charge in [-0.1, -0.05) is 22.0 Å². The van der Waals surface area contributed by atoms with Crippen LogP contribution in [0, 0.1) is 6.92 Å². The third kappa shape index (κ3) is 3.80. The van der Waals surface area contributed by atoms with Crippen LogP contribution in [0.15, 0.2) is 39.4 Å². The Morgan fingerprint density at radius 1 is 1.21 bits per heavy atom. The van der Waals surface area contributed by atoms with Crippen LogP contribution in [0.3, 0.4) is 0 Å². The molecule has 2 aromatic rings. The number of halogens is 3. The highest BCUT2D eigenvalue weighted by molar-refractivity contribution is 9.11. The van der Waals surface area contributed by atoms with Gasteiger partial charge in [-0.05, 0) is 68.1 Å². The maximum Gasteiger partial charge on any atom is 0.148 e. The number of hydrogen-bond donors (Lipinski definition) is 0. The first kappa shape index (κ1) is 15.0. The molecule has 2 nitrogen and oxygen atoms in total. The fourth-order valence-electron chi connectivity index (χ4n) is 1.64. The SMILES string of the molecule is Cc1cccnc1COc1c(Br)cc(CBr)cc1Br. The minimum atomic E-state index is 0.456. The summed E-state index contributed by atoms with van der Waals surface area (Å²) in [6.07, 6.45) is 1.78. The molecule has 19 heavy (non-hydrogen) atoms. The van der Waals surface area contributed by atoms with E-state index >= 15 is 0 Å². The van der Waals surface area contributed by atoms with Gasteiger partial charge in [-0.15, -0.1) is 0 Å². The number of benzene rings is 1. The summed E-state index contributed by atoms with van der Waals surface area (Å²) in [5, 5.41) is 0.809. The number of aromatic nitrogens is 1. The Bertz CT molecular complexity index is 564. The zero-order valence-corrected chi connectivity index (χ0v) is 15.0. The molecule has 0 saturated heterocycles. The Kier molecular flexibility index (Phi) is 5.42. The molecule has 1 aromatic heterocycles. The lowest BCUT2D eigenvalue weighted by molar-refractivity contribution is 0.296. The molecule has 0 aliphatic carbocycles. The molecule has 1 aromatic carbocycles. The van der Waals surface area contributed by atoms with Gasteiger partial charge in [0.25, 0.3) is 0 Å². The fraction of sp³-hybridized carbons (Fsp3) is 0.214.